The summed E-state index contributed by atoms with van der Waals surface area (Å²) in [7, 11) is -1.03. The summed E-state index contributed by atoms with van der Waals surface area (Å²) in [6, 6.07) is 15.9. The quantitative estimate of drug-likeness (QED) is 0.346. The van der Waals surface area contributed by atoms with Gasteiger partial charge in [-0.3, -0.25) is 9.11 Å². The van der Waals surface area contributed by atoms with Crippen molar-refractivity contribution in [1.29, 1.82) is 0 Å². The first-order valence-electron chi connectivity index (χ1n) is 12.2. The number of rotatable bonds is 7. The van der Waals surface area contributed by atoms with Gasteiger partial charge in [0.15, 0.2) is 5.65 Å². The van der Waals surface area contributed by atoms with E-state index < -0.39 is 10.8 Å². The molecule has 2 aromatic carbocycles. The minimum absolute atomic E-state index is 0.244. The minimum Gasteiger partial charge on any atom is -0.487 e. The van der Waals surface area contributed by atoms with Crippen molar-refractivity contribution >= 4 is 16.4 Å². The standard InChI is InChI=1S/C28H32N4O2S/c1-28(2,20-31-14-5-4-6-15-31)34-24-12-10-21(11-13-24)23-17-29-27-26(18-30-32(27)19-23)22-8-7-9-25(16-22)35(3)33/h7-13,16-19H,4-6,14-15,20H2,1-3H3. The molecule has 0 aliphatic carbocycles. The summed E-state index contributed by atoms with van der Waals surface area (Å²) in [5.74, 6) is 0.874. The van der Waals surface area contributed by atoms with E-state index in [0.717, 1.165) is 45.1 Å². The molecule has 1 fully saturated rings. The summed E-state index contributed by atoms with van der Waals surface area (Å²) in [5.41, 5.74) is 4.44. The molecule has 1 atom stereocenters. The van der Waals surface area contributed by atoms with E-state index in [0.29, 0.717) is 0 Å². The van der Waals surface area contributed by atoms with Crippen LogP contribution in [0.3, 0.4) is 0 Å². The summed E-state index contributed by atoms with van der Waals surface area (Å²) >= 11 is 0. The van der Waals surface area contributed by atoms with Crippen LogP contribution in [-0.4, -0.2) is 55.2 Å². The predicted molar refractivity (Wildman–Crippen MR) is 141 cm³/mol. The van der Waals surface area contributed by atoms with Gasteiger partial charge in [0.2, 0.25) is 0 Å². The molecule has 0 N–H and O–H groups in total. The maximum atomic E-state index is 11.9. The normalized spacial score (nSPS) is 15.9. The number of hydrogen-bond donors (Lipinski definition) is 0. The summed E-state index contributed by atoms with van der Waals surface area (Å²) < 4.78 is 20.0. The molecule has 0 bridgehead atoms. The third-order valence-corrected chi connectivity index (χ3v) is 7.39. The van der Waals surface area contributed by atoms with Crippen LogP contribution in [0.25, 0.3) is 27.9 Å². The van der Waals surface area contributed by atoms with E-state index in [2.05, 4.69) is 36.0 Å². The third-order valence-electron chi connectivity index (χ3n) is 6.47. The smallest absolute Gasteiger partial charge is 0.162 e. The number of ether oxygens (including phenoxy) is 1. The van der Waals surface area contributed by atoms with Crippen LogP contribution in [0.1, 0.15) is 33.1 Å². The fourth-order valence-corrected chi connectivity index (χ4v) is 5.36. The SMILES string of the molecule is CS(=O)c1cccc(-c2cnn3cc(-c4ccc(OC(C)(C)CN5CCCCC5)cc4)cnc23)c1. The molecule has 1 aliphatic rings. The molecule has 1 saturated heterocycles. The molecule has 182 valence electrons. The van der Waals surface area contributed by atoms with Crippen LogP contribution in [0.2, 0.25) is 0 Å². The lowest BCUT2D eigenvalue weighted by Crippen LogP contribution is -2.44. The molecule has 6 nitrogen and oxygen atoms in total. The van der Waals surface area contributed by atoms with Crippen LogP contribution in [0.5, 0.6) is 5.75 Å². The molecule has 1 aliphatic heterocycles. The molecule has 3 heterocycles. The Bertz CT molecular complexity index is 1340. The van der Waals surface area contributed by atoms with E-state index in [1.165, 1.54) is 32.4 Å². The van der Waals surface area contributed by atoms with Crippen molar-refractivity contribution in [1.82, 2.24) is 19.5 Å². The Morgan fingerprint density at radius 1 is 0.971 bits per heavy atom. The molecule has 4 aromatic rings. The van der Waals surface area contributed by atoms with Gasteiger partial charge in [-0.15, -0.1) is 0 Å². The molecule has 5 rings (SSSR count). The Hall–Kier alpha value is -3.03. The molecule has 7 heteroatoms. The number of aromatic nitrogens is 3. The largest absolute Gasteiger partial charge is 0.487 e. The topological polar surface area (TPSA) is 59.7 Å². The van der Waals surface area contributed by atoms with Gasteiger partial charge in [-0.25, -0.2) is 9.50 Å². The highest BCUT2D eigenvalue weighted by atomic mass is 32.2. The Labute approximate surface area is 209 Å². The number of piperidine rings is 1. The monoisotopic (exact) mass is 488 g/mol. The summed E-state index contributed by atoms with van der Waals surface area (Å²) in [6.07, 6.45) is 11.3. The summed E-state index contributed by atoms with van der Waals surface area (Å²) in [4.78, 5) is 8.00. The first-order chi connectivity index (χ1) is 16.9. The van der Waals surface area contributed by atoms with E-state index in [4.69, 9.17) is 9.72 Å². The van der Waals surface area contributed by atoms with Gasteiger partial charge < -0.3 is 4.74 Å². The highest BCUT2D eigenvalue weighted by molar-refractivity contribution is 7.84. The van der Waals surface area contributed by atoms with Crippen molar-refractivity contribution in [3.63, 3.8) is 0 Å². The average molecular weight is 489 g/mol. The minimum atomic E-state index is -1.03. The highest BCUT2D eigenvalue weighted by Crippen LogP contribution is 2.28. The molecule has 1 unspecified atom stereocenters. The number of fused-ring (bicyclic) bond motifs is 1. The second-order valence-corrected chi connectivity index (χ2v) is 11.3. The van der Waals surface area contributed by atoms with Crippen molar-refractivity contribution < 1.29 is 8.95 Å². The molecular formula is C28H32N4O2S. The van der Waals surface area contributed by atoms with E-state index in [1.54, 1.807) is 10.8 Å². The molecule has 2 aromatic heterocycles. The second kappa shape index (κ2) is 9.91. The van der Waals surface area contributed by atoms with Crippen LogP contribution < -0.4 is 4.74 Å². The predicted octanol–water partition coefficient (Wildman–Crippen LogP) is 5.44. The fourth-order valence-electron chi connectivity index (χ4n) is 4.79. The van der Waals surface area contributed by atoms with Crippen molar-refractivity contribution in [2.75, 3.05) is 25.9 Å². The number of hydrogen-bond acceptors (Lipinski definition) is 5. The van der Waals surface area contributed by atoms with Crippen LogP contribution in [0.4, 0.5) is 0 Å². The lowest BCUT2D eigenvalue weighted by atomic mass is 10.1. The molecule has 0 saturated carbocycles. The Morgan fingerprint density at radius 3 is 2.49 bits per heavy atom. The van der Waals surface area contributed by atoms with E-state index in [1.807, 2.05) is 55.0 Å². The van der Waals surface area contributed by atoms with Crippen LogP contribution in [0, 0.1) is 0 Å². The van der Waals surface area contributed by atoms with Crippen LogP contribution >= 0.6 is 0 Å². The third kappa shape index (κ3) is 5.46. The number of nitrogens with zero attached hydrogens (tertiary/aromatic N) is 4. The molecule has 0 amide bonds. The van der Waals surface area contributed by atoms with Crippen LogP contribution in [0.15, 0.2) is 72.0 Å². The van der Waals surface area contributed by atoms with Crippen molar-refractivity contribution in [2.24, 2.45) is 0 Å². The zero-order valence-corrected chi connectivity index (χ0v) is 21.4. The zero-order chi connectivity index (χ0) is 24.4. The van der Waals surface area contributed by atoms with Gasteiger partial charge in [0.25, 0.3) is 0 Å². The van der Waals surface area contributed by atoms with Gasteiger partial charge in [-0.05, 0) is 75.2 Å². The van der Waals surface area contributed by atoms with E-state index in [9.17, 15) is 4.21 Å². The van der Waals surface area contributed by atoms with Gasteiger partial charge in [-0.2, -0.15) is 5.10 Å². The Balaban J connectivity index is 1.32. The average Bonchev–Trinajstić information content (AvgIpc) is 3.28. The highest BCUT2D eigenvalue weighted by Gasteiger charge is 2.24. The van der Waals surface area contributed by atoms with Crippen molar-refractivity contribution in [3.05, 3.63) is 67.1 Å². The van der Waals surface area contributed by atoms with Gasteiger partial charge >= 0.3 is 0 Å². The molecule has 0 spiro atoms. The fraction of sp³-hybridized carbons (Fsp3) is 0.357. The van der Waals surface area contributed by atoms with Gasteiger partial charge in [-0.1, -0.05) is 30.7 Å². The first kappa shape index (κ1) is 23.7. The maximum Gasteiger partial charge on any atom is 0.162 e. The van der Waals surface area contributed by atoms with Gasteiger partial charge in [0, 0.05) is 52.0 Å². The van der Waals surface area contributed by atoms with Gasteiger partial charge in [0.05, 0.1) is 6.20 Å². The second-order valence-electron chi connectivity index (χ2n) is 9.87. The van der Waals surface area contributed by atoms with Crippen LogP contribution in [-0.2, 0) is 10.8 Å². The zero-order valence-electron chi connectivity index (χ0n) is 20.6. The van der Waals surface area contributed by atoms with E-state index >= 15 is 0 Å². The van der Waals surface area contributed by atoms with Gasteiger partial charge in [0.1, 0.15) is 11.4 Å². The lowest BCUT2D eigenvalue weighted by molar-refractivity contribution is 0.0520. The maximum absolute atomic E-state index is 11.9. The van der Waals surface area contributed by atoms with Crippen molar-refractivity contribution in [2.45, 2.75) is 43.6 Å². The molecular weight excluding hydrogens is 456 g/mol. The number of benzene rings is 2. The summed E-state index contributed by atoms with van der Waals surface area (Å²) in [5, 5.41) is 4.53. The molecule has 0 radical (unpaired) electrons. The lowest BCUT2D eigenvalue weighted by Gasteiger charge is -2.35. The number of likely N-dealkylation sites (tertiary alicyclic amines) is 1. The van der Waals surface area contributed by atoms with Crippen molar-refractivity contribution in [3.8, 4) is 28.0 Å². The summed E-state index contributed by atoms with van der Waals surface area (Å²) in [6.45, 7) is 7.60. The Morgan fingerprint density at radius 2 is 1.74 bits per heavy atom. The molecule has 35 heavy (non-hydrogen) atoms. The Kier molecular flexibility index (Phi) is 6.71. The first-order valence-corrected chi connectivity index (χ1v) is 13.7. The van der Waals surface area contributed by atoms with E-state index in [-0.39, 0.29) is 5.60 Å².